The van der Waals surface area contributed by atoms with Gasteiger partial charge >= 0.3 is 5.97 Å². The second-order valence-electron chi connectivity index (χ2n) is 5.94. The highest BCUT2D eigenvalue weighted by Gasteiger charge is 2.05. The van der Waals surface area contributed by atoms with E-state index < -0.39 is 5.97 Å². The van der Waals surface area contributed by atoms with Crippen LogP contribution in [0.5, 0.6) is 5.75 Å². The Bertz CT molecular complexity index is 853. The molecule has 0 saturated carbocycles. The summed E-state index contributed by atoms with van der Waals surface area (Å²) in [6.45, 7) is 14.6. The number of hydrogen-bond acceptors (Lipinski definition) is 3. The van der Waals surface area contributed by atoms with Crippen molar-refractivity contribution in [3.63, 3.8) is 0 Å². The van der Waals surface area contributed by atoms with Gasteiger partial charge in [0.2, 0.25) is 0 Å². The highest BCUT2D eigenvalue weighted by molar-refractivity contribution is 5.88. The van der Waals surface area contributed by atoms with E-state index in [9.17, 15) is 4.79 Å². The first-order chi connectivity index (χ1) is 12.4. The first kappa shape index (κ1) is 19.0. The summed E-state index contributed by atoms with van der Waals surface area (Å²) in [7, 11) is 0. The smallest absolute Gasteiger partial charge is 0.338 e. The summed E-state index contributed by atoms with van der Waals surface area (Å²) in [4.78, 5) is 11.5. The van der Waals surface area contributed by atoms with Gasteiger partial charge in [-0.05, 0) is 54.3 Å². The summed E-state index contributed by atoms with van der Waals surface area (Å²) in [6, 6.07) is 15.4. The minimum atomic E-state index is -0.426. The molecule has 0 fully saturated rings. The standard InChI is InChI=1S/C23H22O3/c1-16(2)18(5)25-15-14-19-6-8-20(9-7-19)21-10-12-22(13-11-21)26-23(24)17(3)4/h6-15H,1,3,5H2,2,4H3/b15-14+. The average molecular weight is 346 g/mol. The van der Waals surface area contributed by atoms with Crippen molar-refractivity contribution in [2.45, 2.75) is 13.8 Å². The van der Waals surface area contributed by atoms with Crippen LogP contribution in [-0.2, 0) is 9.53 Å². The van der Waals surface area contributed by atoms with E-state index in [4.69, 9.17) is 9.47 Å². The Labute approximate surface area is 154 Å². The van der Waals surface area contributed by atoms with Gasteiger partial charge < -0.3 is 9.47 Å². The van der Waals surface area contributed by atoms with Crippen LogP contribution in [0.15, 0.2) is 91.4 Å². The number of benzene rings is 2. The van der Waals surface area contributed by atoms with Crippen LogP contribution in [-0.4, -0.2) is 5.97 Å². The van der Waals surface area contributed by atoms with Crippen LogP contribution in [0.25, 0.3) is 17.2 Å². The number of ether oxygens (including phenoxy) is 2. The van der Waals surface area contributed by atoms with Gasteiger partial charge in [0.1, 0.15) is 11.5 Å². The van der Waals surface area contributed by atoms with Crippen molar-refractivity contribution in [2.24, 2.45) is 0 Å². The van der Waals surface area contributed by atoms with Crippen LogP contribution in [0.3, 0.4) is 0 Å². The molecule has 0 aliphatic carbocycles. The molecule has 0 atom stereocenters. The van der Waals surface area contributed by atoms with E-state index in [1.54, 1.807) is 25.3 Å². The van der Waals surface area contributed by atoms with Crippen molar-refractivity contribution in [3.05, 3.63) is 97.0 Å². The molecule has 0 bridgehead atoms. The Morgan fingerprint density at radius 1 is 0.846 bits per heavy atom. The monoisotopic (exact) mass is 346 g/mol. The summed E-state index contributed by atoms with van der Waals surface area (Å²) in [5, 5.41) is 0. The Morgan fingerprint density at radius 2 is 1.38 bits per heavy atom. The Morgan fingerprint density at radius 3 is 1.88 bits per heavy atom. The van der Waals surface area contributed by atoms with Crippen molar-refractivity contribution in [1.82, 2.24) is 0 Å². The molecule has 0 aliphatic rings. The second-order valence-corrected chi connectivity index (χ2v) is 5.94. The van der Waals surface area contributed by atoms with E-state index in [0.29, 0.717) is 17.1 Å². The van der Waals surface area contributed by atoms with E-state index in [1.165, 1.54) is 0 Å². The maximum Gasteiger partial charge on any atom is 0.338 e. The number of rotatable bonds is 7. The van der Waals surface area contributed by atoms with E-state index in [1.807, 2.05) is 49.4 Å². The van der Waals surface area contributed by atoms with Crippen LogP contribution < -0.4 is 4.74 Å². The van der Waals surface area contributed by atoms with Crippen LogP contribution in [0.1, 0.15) is 19.4 Å². The second kappa shape index (κ2) is 8.67. The molecule has 0 saturated heterocycles. The molecule has 0 aliphatic heterocycles. The summed E-state index contributed by atoms with van der Waals surface area (Å²) < 4.78 is 10.6. The molecule has 132 valence electrons. The molecule has 26 heavy (non-hydrogen) atoms. The van der Waals surface area contributed by atoms with Gasteiger partial charge in [0.15, 0.2) is 0 Å². The third kappa shape index (κ3) is 5.35. The van der Waals surface area contributed by atoms with Gasteiger partial charge in [-0.3, -0.25) is 0 Å². The molecule has 0 radical (unpaired) electrons. The molecule has 2 aromatic carbocycles. The van der Waals surface area contributed by atoms with Crippen molar-refractivity contribution < 1.29 is 14.3 Å². The number of allylic oxidation sites excluding steroid dienone is 1. The molecule has 2 rings (SSSR count). The molecule has 0 N–H and O–H groups in total. The fourth-order valence-electron chi connectivity index (χ4n) is 1.99. The maximum absolute atomic E-state index is 11.5. The van der Waals surface area contributed by atoms with E-state index in [-0.39, 0.29) is 0 Å². The number of carbonyl (C=O) groups is 1. The fraction of sp³-hybridized carbons (Fsp3) is 0.0870. The quantitative estimate of drug-likeness (QED) is 0.205. The fourth-order valence-corrected chi connectivity index (χ4v) is 1.99. The predicted octanol–water partition coefficient (Wildman–Crippen LogP) is 5.91. The Kier molecular flexibility index (Phi) is 6.34. The molecular formula is C23H22O3. The van der Waals surface area contributed by atoms with Crippen molar-refractivity contribution in [2.75, 3.05) is 0 Å². The van der Waals surface area contributed by atoms with Crippen molar-refractivity contribution in [1.29, 1.82) is 0 Å². The molecule has 3 heteroatoms. The van der Waals surface area contributed by atoms with Gasteiger partial charge in [-0.1, -0.05) is 56.1 Å². The lowest BCUT2D eigenvalue weighted by Crippen LogP contribution is -2.07. The van der Waals surface area contributed by atoms with Gasteiger partial charge in [-0.2, -0.15) is 0 Å². The molecular weight excluding hydrogens is 324 g/mol. The Balaban J connectivity index is 2.02. The van der Waals surface area contributed by atoms with Crippen molar-refractivity contribution >= 4 is 12.0 Å². The first-order valence-corrected chi connectivity index (χ1v) is 8.13. The van der Waals surface area contributed by atoms with Crippen LogP contribution in [0.4, 0.5) is 0 Å². The van der Waals surface area contributed by atoms with Gasteiger partial charge in [0, 0.05) is 5.57 Å². The predicted molar refractivity (Wildman–Crippen MR) is 106 cm³/mol. The zero-order valence-corrected chi connectivity index (χ0v) is 15.1. The lowest BCUT2D eigenvalue weighted by molar-refractivity contribution is -0.130. The third-order valence-electron chi connectivity index (χ3n) is 3.60. The summed E-state index contributed by atoms with van der Waals surface area (Å²) in [5.74, 6) is 0.618. The lowest BCUT2D eigenvalue weighted by atomic mass is 10.0. The summed E-state index contributed by atoms with van der Waals surface area (Å²) >= 11 is 0. The molecule has 2 aromatic rings. The topological polar surface area (TPSA) is 35.5 Å². The molecule has 0 heterocycles. The van der Waals surface area contributed by atoms with Gasteiger partial charge in [-0.25, -0.2) is 4.79 Å². The molecule has 0 amide bonds. The zero-order chi connectivity index (χ0) is 19.1. The van der Waals surface area contributed by atoms with Crippen LogP contribution in [0.2, 0.25) is 0 Å². The molecule has 0 spiro atoms. The number of esters is 1. The van der Waals surface area contributed by atoms with Crippen LogP contribution in [0, 0.1) is 0 Å². The van der Waals surface area contributed by atoms with E-state index in [0.717, 1.165) is 22.3 Å². The van der Waals surface area contributed by atoms with Gasteiger partial charge in [0.05, 0.1) is 6.26 Å². The highest BCUT2D eigenvalue weighted by atomic mass is 16.5. The van der Waals surface area contributed by atoms with Crippen LogP contribution >= 0.6 is 0 Å². The first-order valence-electron chi connectivity index (χ1n) is 8.13. The summed E-state index contributed by atoms with van der Waals surface area (Å²) in [5.41, 5.74) is 4.26. The lowest BCUT2D eigenvalue weighted by Gasteiger charge is -2.06. The SMILES string of the molecule is C=C(C)C(=C)O/C=C/c1ccc(-c2ccc(OC(=O)C(=C)C)cc2)cc1. The van der Waals surface area contributed by atoms with E-state index >= 15 is 0 Å². The van der Waals surface area contributed by atoms with Gasteiger partial charge in [0.25, 0.3) is 0 Å². The zero-order valence-electron chi connectivity index (χ0n) is 15.1. The minimum Gasteiger partial charge on any atom is -0.465 e. The minimum absolute atomic E-state index is 0.369. The molecule has 0 unspecified atom stereocenters. The maximum atomic E-state index is 11.5. The Hall–Kier alpha value is -3.33. The normalized spacial score (nSPS) is 10.4. The largest absolute Gasteiger partial charge is 0.465 e. The highest BCUT2D eigenvalue weighted by Crippen LogP contribution is 2.23. The third-order valence-corrected chi connectivity index (χ3v) is 3.60. The number of carbonyl (C=O) groups excluding carboxylic acids is 1. The van der Waals surface area contributed by atoms with Crippen molar-refractivity contribution in [3.8, 4) is 16.9 Å². The summed E-state index contributed by atoms with van der Waals surface area (Å²) in [6.07, 6.45) is 3.45. The number of hydrogen-bond donors (Lipinski definition) is 0. The van der Waals surface area contributed by atoms with E-state index in [2.05, 4.69) is 19.7 Å². The van der Waals surface area contributed by atoms with Gasteiger partial charge in [-0.15, -0.1) is 0 Å². The average Bonchev–Trinajstić information content (AvgIpc) is 2.62. The molecule has 3 nitrogen and oxygen atoms in total. The molecule has 0 aromatic heterocycles.